The number of aromatic amines is 1. The predicted octanol–water partition coefficient (Wildman–Crippen LogP) is 1.31. The Hall–Kier alpha value is -1.22. The summed E-state index contributed by atoms with van der Waals surface area (Å²) in [6.07, 6.45) is 3.21. The lowest BCUT2D eigenvalue weighted by atomic mass is 10.2. The van der Waals surface area contributed by atoms with E-state index < -0.39 is 16.1 Å². The number of nitrogens with one attached hydrogen (secondary N) is 2. The molecule has 0 amide bonds. The molecule has 2 aromatic rings. The van der Waals surface area contributed by atoms with E-state index in [1.165, 1.54) is 11.3 Å². The van der Waals surface area contributed by atoms with Crippen molar-refractivity contribution in [3.8, 4) is 0 Å². The van der Waals surface area contributed by atoms with Gasteiger partial charge in [-0.3, -0.25) is 5.10 Å². The molecule has 3 N–H and O–H groups in total. The second kappa shape index (κ2) is 5.41. The van der Waals surface area contributed by atoms with E-state index in [9.17, 15) is 13.5 Å². The summed E-state index contributed by atoms with van der Waals surface area (Å²) in [6, 6.07) is -0.394. The van der Waals surface area contributed by atoms with E-state index in [-0.39, 0.29) is 11.5 Å². The predicted molar refractivity (Wildman–Crippen MR) is 72.3 cm³/mol. The summed E-state index contributed by atoms with van der Waals surface area (Å²) in [7, 11) is -3.66. The Bertz CT molecular complexity index is 647. The summed E-state index contributed by atoms with van der Waals surface area (Å²) in [6.45, 7) is 3.17. The van der Waals surface area contributed by atoms with Crippen LogP contribution in [0.15, 0.2) is 22.7 Å². The third-order valence-electron chi connectivity index (χ3n) is 2.75. The van der Waals surface area contributed by atoms with Gasteiger partial charge in [0.1, 0.15) is 4.90 Å². The first-order chi connectivity index (χ1) is 8.95. The molecule has 0 bridgehead atoms. The smallest absolute Gasteiger partial charge is 0.242 e. The summed E-state index contributed by atoms with van der Waals surface area (Å²) >= 11 is 1.24. The number of hydrogen-bond acceptors (Lipinski definition) is 5. The first-order valence-electron chi connectivity index (χ1n) is 5.64. The van der Waals surface area contributed by atoms with Gasteiger partial charge in [0.25, 0.3) is 0 Å². The lowest BCUT2D eigenvalue weighted by molar-refractivity contribution is 0.282. The number of thiophene rings is 1. The Balaban J connectivity index is 2.30. The number of aliphatic hydroxyl groups excluding tert-OH is 1. The maximum atomic E-state index is 12.4. The Morgan fingerprint density at radius 2 is 2.32 bits per heavy atom. The molecule has 0 aliphatic rings. The van der Waals surface area contributed by atoms with Crippen molar-refractivity contribution in [3.05, 3.63) is 33.8 Å². The molecule has 104 valence electrons. The van der Waals surface area contributed by atoms with Crippen molar-refractivity contribution in [3.63, 3.8) is 0 Å². The summed E-state index contributed by atoms with van der Waals surface area (Å²) in [5.41, 5.74) is 1.39. The van der Waals surface area contributed by atoms with Crippen molar-refractivity contribution < 1.29 is 13.5 Å². The van der Waals surface area contributed by atoms with Gasteiger partial charge in [0.05, 0.1) is 17.7 Å². The van der Waals surface area contributed by atoms with Crippen LogP contribution in [0.1, 0.15) is 29.0 Å². The number of aliphatic hydroxyl groups is 1. The van der Waals surface area contributed by atoms with Crippen LogP contribution in [0.3, 0.4) is 0 Å². The van der Waals surface area contributed by atoms with Crippen LogP contribution in [0.2, 0.25) is 0 Å². The second-order valence-corrected chi connectivity index (χ2v) is 6.82. The first-order valence-corrected chi connectivity index (χ1v) is 8.01. The highest BCUT2D eigenvalue weighted by molar-refractivity contribution is 7.89. The van der Waals surface area contributed by atoms with E-state index in [4.69, 9.17) is 0 Å². The number of hydrogen-bond donors (Lipinski definition) is 3. The number of aryl methyl sites for hydroxylation is 1. The van der Waals surface area contributed by atoms with Crippen LogP contribution in [0.5, 0.6) is 0 Å². The number of sulfonamides is 1. The molecule has 0 aliphatic carbocycles. The van der Waals surface area contributed by atoms with Gasteiger partial charge in [-0.2, -0.15) is 5.10 Å². The van der Waals surface area contributed by atoms with Crippen LogP contribution in [0.4, 0.5) is 0 Å². The maximum absolute atomic E-state index is 12.4. The number of rotatable bonds is 5. The fourth-order valence-electron chi connectivity index (χ4n) is 1.81. The van der Waals surface area contributed by atoms with Gasteiger partial charge < -0.3 is 5.11 Å². The third kappa shape index (κ3) is 2.86. The molecule has 1 unspecified atom stereocenters. The lowest BCUT2D eigenvalue weighted by Gasteiger charge is -2.13. The molecule has 0 saturated carbocycles. The SMILES string of the molecule is Cc1csc(CO)c1S(=O)(=O)NC(C)c1cn[nH]c1. The van der Waals surface area contributed by atoms with Crippen LogP contribution in [-0.2, 0) is 16.6 Å². The van der Waals surface area contributed by atoms with Crippen LogP contribution < -0.4 is 4.72 Å². The van der Waals surface area contributed by atoms with Crippen LogP contribution in [0, 0.1) is 6.92 Å². The summed E-state index contributed by atoms with van der Waals surface area (Å²) in [5, 5.41) is 17.4. The van der Waals surface area contributed by atoms with E-state index in [1.807, 2.05) is 0 Å². The van der Waals surface area contributed by atoms with E-state index in [1.54, 1.807) is 31.6 Å². The number of nitrogens with zero attached hydrogens (tertiary/aromatic N) is 1. The van der Waals surface area contributed by atoms with Gasteiger partial charge in [0, 0.05) is 17.8 Å². The largest absolute Gasteiger partial charge is 0.391 e. The summed E-state index contributed by atoms with van der Waals surface area (Å²) in [4.78, 5) is 0.625. The molecular formula is C11H15N3O3S2. The first kappa shape index (κ1) is 14.2. The van der Waals surface area contributed by atoms with Crippen LogP contribution >= 0.6 is 11.3 Å². The monoisotopic (exact) mass is 301 g/mol. The Morgan fingerprint density at radius 3 is 2.89 bits per heavy atom. The zero-order chi connectivity index (χ0) is 14.0. The normalized spacial score (nSPS) is 13.6. The van der Waals surface area contributed by atoms with Crippen LogP contribution in [-0.4, -0.2) is 23.7 Å². The van der Waals surface area contributed by atoms with Crippen LogP contribution in [0.25, 0.3) is 0 Å². The van der Waals surface area contributed by atoms with Gasteiger partial charge in [-0.15, -0.1) is 11.3 Å². The molecule has 2 aromatic heterocycles. The highest BCUT2D eigenvalue weighted by Gasteiger charge is 2.25. The molecule has 2 rings (SSSR count). The Morgan fingerprint density at radius 1 is 1.58 bits per heavy atom. The number of aromatic nitrogens is 2. The van der Waals surface area contributed by atoms with Crippen molar-refractivity contribution in [1.82, 2.24) is 14.9 Å². The van der Waals surface area contributed by atoms with Gasteiger partial charge in [-0.25, -0.2) is 13.1 Å². The van der Waals surface area contributed by atoms with E-state index >= 15 is 0 Å². The quantitative estimate of drug-likeness (QED) is 0.776. The third-order valence-corrected chi connectivity index (χ3v) is 5.74. The summed E-state index contributed by atoms with van der Waals surface area (Å²) < 4.78 is 27.3. The molecule has 19 heavy (non-hydrogen) atoms. The van der Waals surface area contributed by atoms with Gasteiger partial charge in [-0.05, 0) is 24.8 Å². The molecule has 8 heteroatoms. The average Bonchev–Trinajstić information content (AvgIpc) is 2.96. The number of H-pyrrole nitrogens is 1. The van der Waals surface area contributed by atoms with E-state index in [2.05, 4.69) is 14.9 Å². The van der Waals surface area contributed by atoms with Crippen molar-refractivity contribution >= 4 is 21.4 Å². The molecule has 6 nitrogen and oxygen atoms in total. The minimum absolute atomic E-state index is 0.176. The molecule has 0 spiro atoms. The van der Waals surface area contributed by atoms with Crippen molar-refractivity contribution in [2.24, 2.45) is 0 Å². The fraction of sp³-hybridized carbons (Fsp3) is 0.364. The zero-order valence-corrected chi connectivity index (χ0v) is 12.2. The standard InChI is InChI=1S/C11H15N3O3S2/c1-7-6-18-10(5-15)11(7)19(16,17)14-8(2)9-3-12-13-4-9/h3-4,6,8,14-15H,5H2,1-2H3,(H,12,13). The van der Waals surface area contributed by atoms with Gasteiger partial charge in [0.15, 0.2) is 0 Å². The minimum Gasteiger partial charge on any atom is -0.391 e. The zero-order valence-electron chi connectivity index (χ0n) is 10.5. The maximum Gasteiger partial charge on any atom is 0.242 e. The Kier molecular flexibility index (Phi) is 4.04. The van der Waals surface area contributed by atoms with Crippen molar-refractivity contribution in [1.29, 1.82) is 0 Å². The van der Waals surface area contributed by atoms with Gasteiger partial charge in [-0.1, -0.05) is 0 Å². The lowest BCUT2D eigenvalue weighted by Crippen LogP contribution is -2.27. The molecule has 0 aliphatic heterocycles. The highest BCUT2D eigenvalue weighted by atomic mass is 32.2. The molecule has 0 aromatic carbocycles. The molecule has 0 fully saturated rings. The molecular weight excluding hydrogens is 286 g/mol. The van der Waals surface area contributed by atoms with Gasteiger partial charge >= 0.3 is 0 Å². The topological polar surface area (TPSA) is 95.1 Å². The molecule has 2 heterocycles. The fourth-order valence-corrected chi connectivity index (χ4v) is 4.71. The molecule has 0 saturated heterocycles. The van der Waals surface area contributed by atoms with E-state index in [0.29, 0.717) is 10.4 Å². The average molecular weight is 301 g/mol. The highest BCUT2D eigenvalue weighted by Crippen LogP contribution is 2.28. The second-order valence-electron chi connectivity index (χ2n) is 4.20. The molecule has 0 radical (unpaired) electrons. The van der Waals surface area contributed by atoms with Gasteiger partial charge in [0.2, 0.25) is 10.0 Å². The van der Waals surface area contributed by atoms with Crippen molar-refractivity contribution in [2.75, 3.05) is 0 Å². The minimum atomic E-state index is -3.66. The Labute approximate surface area is 115 Å². The molecule has 1 atom stereocenters. The van der Waals surface area contributed by atoms with Crippen molar-refractivity contribution in [2.45, 2.75) is 31.4 Å². The van der Waals surface area contributed by atoms with E-state index in [0.717, 1.165) is 5.56 Å². The summed E-state index contributed by atoms with van der Waals surface area (Å²) in [5.74, 6) is 0.